The lowest BCUT2D eigenvalue weighted by Gasteiger charge is -2.21. The molecule has 2 aromatic rings. The lowest BCUT2D eigenvalue weighted by Crippen LogP contribution is -2.19. The summed E-state index contributed by atoms with van der Waals surface area (Å²) in [6.07, 6.45) is 5.99. The largest absolute Gasteiger partial charge is 0.381 e. The SMILES string of the molecule is C.O=c1[nH]c(CSC2CCOCC2)nc2cc(NC3CCCC3)c(F)c(F)c12. The molecule has 1 aromatic carbocycles. The summed E-state index contributed by atoms with van der Waals surface area (Å²) in [5, 5.41) is 3.23. The van der Waals surface area contributed by atoms with E-state index >= 15 is 0 Å². The Labute approximate surface area is 167 Å². The van der Waals surface area contributed by atoms with Gasteiger partial charge >= 0.3 is 0 Å². The fourth-order valence-electron chi connectivity index (χ4n) is 3.79. The van der Waals surface area contributed by atoms with Gasteiger partial charge < -0.3 is 15.0 Å². The molecular weight excluding hydrogens is 384 g/mol. The van der Waals surface area contributed by atoms with Crippen LogP contribution in [0, 0.1) is 11.6 Å². The number of rotatable bonds is 5. The summed E-state index contributed by atoms with van der Waals surface area (Å²) in [5.74, 6) is -1.13. The van der Waals surface area contributed by atoms with Crippen LogP contribution in [-0.4, -0.2) is 34.5 Å². The van der Waals surface area contributed by atoms with E-state index in [1.165, 1.54) is 6.07 Å². The van der Waals surface area contributed by atoms with E-state index in [4.69, 9.17) is 4.74 Å². The summed E-state index contributed by atoms with van der Waals surface area (Å²) >= 11 is 1.71. The Morgan fingerprint density at radius 2 is 1.89 bits per heavy atom. The summed E-state index contributed by atoms with van der Waals surface area (Å²) in [7, 11) is 0. The molecule has 1 aromatic heterocycles. The minimum atomic E-state index is -1.13. The summed E-state index contributed by atoms with van der Waals surface area (Å²) in [6, 6.07) is 1.60. The van der Waals surface area contributed by atoms with E-state index < -0.39 is 17.2 Å². The first-order valence-electron chi connectivity index (χ1n) is 9.48. The minimum absolute atomic E-state index is 0. The average molecular weight is 412 g/mol. The maximum Gasteiger partial charge on any atom is 0.261 e. The van der Waals surface area contributed by atoms with Crippen LogP contribution < -0.4 is 10.9 Å². The van der Waals surface area contributed by atoms with Gasteiger partial charge in [0, 0.05) is 24.5 Å². The molecule has 1 aliphatic carbocycles. The van der Waals surface area contributed by atoms with Gasteiger partial charge in [-0.05, 0) is 31.7 Å². The molecule has 154 valence electrons. The van der Waals surface area contributed by atoms with Gasteiger partial charge in [0.05, 0.1) is 17.0 Å². The normalized spacial score (nSPS) is 18.4. The van der Waals surface area contributed by atoms with Gasteiger partial charge in [0.1, 0.15) is 11.2 Å². The topological polar surface area (TPSA) is 67.0 Å². The molecule has 1 saturated carbocycles. The van der Waals surface area contributed by atoms with Crippen LogP contribution in [0.1, 0.15) is 51.8 Å². The third-order valence-electron chi connectivity index (χ3n) is 5.27. The molecule has 2 fully saturated rings. The highest BCUT2D eigenvalue weighted by atomic mass is 32.2. The number of nitrogens with zero attached hydrogens (tertiary/aromatic N) is 1. The number of H-pyrrole nitrogens is 1. The van der Waals surface area contributed by atoms with Gasteiger partial charge in [0.2, 0.25) is 0 Å². The number of aromatic amines is 1. The molecule has 0 radical (unpaired) electrons. The molecule has 4 rings (SSSR count). The number of thioether (sulfide) groups is 1. The number of aromatic nitrogens is 2. The van der Waals surface area contributed by atoms with Gasteiger partial charge in [-0.1, -0.05) is 20.3 Å². The number of ether oxygens (including phenoxy) is 1. The zero-order valence-electron chi connectivity index (χ0n) is 15.0. The number of halogens is 2. The zero-order chi connectivity index (χ0) is 18.8. The first-order valence-corrected chi connectivity index (χ1v) is 10.5. The van der Waals surface area contributed by atoms with Gasteiger partial charge in [-0.25, -0.2) is 13.8 Å². The van der Waals surface area contributed by atoms with Crippen LogP contribution in [0.2, 0.25) is 0 Å². The number of hydrogen-bond donors (Lipinski definition) is 2. The number of nitrogens with one attached hydrogen (secondary N) is 2. The van der Waals surface area contributed by atoms with Crippen molar-refractivity contribution in [1.82, 2.24) is 9.97 Å². The quantitative estimate of drug-likeness (QED) is 0.752. The fourth-order valence-corrected chi connectivity index (χ4v) is 4.84. The molecule has 8 heteroatoms. The first-order chi connectivity index (χ1) is 13.1. The van der Waals surface area contributed by atoms with Crippen LogP contribution in [0.15, 0.2) is 10.9 Å². The van der Waals surface area contributed by atoms with Crippen molar-refractivity contribution in [3.05, 3.63) is 33.9 Å². The Kier molecular flexibility index (Phi) is 6.93. The van der Waals surface area contributed by atoms with Crippen molar-refractivity contribution in [1.29, 1.82) is 0 Å². The van der Waals surface area contributed by atoms with E-state index in [2.05, 4.69) is 15.3 Å². The molecule has 2 aliphatic rings. The summed E-state index contributed by atoms with van der Waals surface area (Å²) in [5.41, 5.74) is -0.347. The monoisotopic (exact) mass is 411 g/mol. The van der Waals surface area contributed by atoms with Crippen molar-refractivity contribution in [2.75, 3.05) is 18.5 Å². The van der Waals surface area contributed by atoms with Crippen LogP contribution in [-0.2, 0) is 10.5 Å². The molecule has 0 atom stereocenters. The maximum atomic E-state index is 14.5. The third-order valence-corrected chi connectivity index (χ3v) is 6.65. The number of fused-ring (bicyclic) bond motifs is 1. The highest BCUT2D eigenvalue weighted by molar-refractivity contribution is 7.99. The number of benzene rings is 1. The molecule has 2 N–H and O–H groups in total. The second kappa shape index (κ2) is 9.22. The van der Waals surface area contributed by atoms with Gasteiger partial charge in [0.15, 0.2) is 11.6 Å². The lowest BCUT2D eigenvalue weighted by molar-refractivity contribution is 0.1000. The Morgan fingerprint density at radius 3 is 2.61 bits per heavy atom. The van der Waals surface area contributed by atoms with Gasteiger partial charge in [-0.2, -0.15) is 11.8 Å². The van der Waals surface area contributed by atoms with Crippen LogP contribution in [0.25, 0.3) is 10.9 Å². The molecule has 2 heterocycles. The number of anilines is 1. The van der Waals surface area contributed by atoms with Crippen LogP contribution >= 0.6 is 11.8 Å². The summed E-state index contributed by atoms with van der Waals surface area (Å²) in [4.78, 5) is 19.3. The van der Waals surface area contributed by atoms with Crippen molar-refractivity contribution in [2.45, 2.75) is 63.0 Å². The van der Waals surface area contributed by atoms with E-state index in [0.29, 0.717) is 16.8 Å². The van der Waals surface area contributed by atoms with Crippen molar-refractivity contribution in [3.63, 3.8) is 0 Å². The predicted molar refractivity (Wildman–Crippen MR) is 110 cm³/mol. The van der Waals surface area contributed by atoms with Crippen molar-refractivity contribution in [2.24, 2.45) is 0 Å². The fraction of sp³-hybridized carbons (Fsp3) is 0.600. The molecular formula is C20H27F2N3O2S. The molecule has 1 aliphatic heterocycles. The van der Waals surface area contributed by atoms with Crippen molar-refractivity contribution in [3.8, 4) is 0 Å². The minimum Gasteiger partial charge on any atom is -0.381 e. The van der Waals surface area contributed by atoms with Gasteiger partial charge in [-0.15, -0.1) is 0 Å². The zero-order valence-corrected chi connectivity index (χ0v) is 15.8. The van der Waals surface area contributed by atoms with Crippen molar-refractivity contribution < 1.29 is 13.5 Å². The smallest absolute Gasteiger partial charge is 0.261 e. The highest BCUT2D eigenvalue weighted by Crippen LogP contribution is 2.29. The van der Waals surface area contributed by atoms with E-state index in [1.807, 2.05) is 0 Å². The second-order valence-electron chi connectivity index (χ2n) is 7.21. The average Bonchev–Trinajstić information content (AvgIpc) is 3.18. The predicted octanol–water partition coefficient (Wildman–Crippen LogP) is 4.60. The number of hydrogen-bond acceptors (Lipinski definition) is 5. The molecule has 0 amide bonds. The molecule has 5 nitrogen and oxygen atoms in total. The van der Waals surface area contributed by atoms with Crippen LogP contribution in [0.5, 0.6) is 0 Å². The third kappa shape index (κ3) is 4.49. The Balaban J connectivity index is 0.00000225. The summed E-state index contributed by atoms with van der Waals surface area (Å²) in [6.45, 7) is 1.50. The van der Waals surface area contributed by atoms with E-state index in [0.717, 1.165) is 51.7 Å². The van der Waals surface area contributed by atoms with E-state index in [-0.39, 0.29) is 30.1 Å². The standard InChI is InChI=1S/C19H23F2N3O2S.CH4/c20-17-14(22-11-3-1-2-4-11)9-13-16(18(17)21)19(25)24-15(23-13)10-27-12-5-7-26-8-6-12;/h9,11-12,22H,1-8,10H2,(H,23,24,25);1H4. The lowest BCUT2D eigenvalue weighted by atomic mass is 10.1. The van der Waals surface area contributed by atoms with E-state index in [1.54, 1.807) is 11.8 Å². The van der Waals surface area contributed by atoms with Crippen LogP contribution in [0.3, 0.4) is 0 Å². The van der Waals surface area contributed by atoms with Gasteiger partial charge in [0.25, 0.3) is 5.56 Å². The molecule has 0 spiro atoms. The van der Waals surface area contributed by atoms with Crippen molar-refractivity contribution >= 4 is 28.4 Å². The molecule has 0 unspecified atom stereocenters. The highest BCUT2D eigenvalue weighted by Gasteiger charge is 2.22. The van der Waals surface area contributed by atoms with Gasteiger partial charge in [-0.3, -0.25) is 4.79 Å². The van der Waals surface area contributed by atoms with Crippen LogP contribution in [0.4, 0.5) is 14.5 Å². The van der Waals surface area contributed by atoms with E-state index in [9.17, 15) is 13.6 Å². The summed E-state index contributed by atoms with van der Waals surface area (Å²) < 4.78 is 34.3. The Hall–Kier alpha value is -1.67. The Bertz CT molecular complexity index is 878. The molecule has 28 heavy (non-hydrogen) atoms. The first kappa shape index (κ1) is 21.0. The second-order valence-corrected chi connectivity index (χ2v) is 8.50. The molecule has 1 saturated heterocycles. The maximum absolute atomic E-state index is 14.5. The Morgan fingerprint density at radius 1 is 1.18 bits per heavy atom. The molecule has 0 bridgehead atoms.